The number of Topliss-reactive ketones (excluding diaryl/α,β-unsaturated/α-hetero) is 1. The van der Waals surface area contributed by atoms with Crippen LogP contribution in [0.25, 0.3) is 0 Å². The monoisotopic (exact) mass is 420 g/mol. The molecule has 0 aromatic heterocycles. The lowest BCUT2D eigenvalue weighted by molar-refractivity contribution is -0.179. The van der Waals surface area contributed by atoms with Gasteiger partial charge in [-0.15, -0.1) is 0 Å². The Balaban J connectivity index is 1.82. The third-order valence-electron chi connectivity index (χ3n) is 9.01. The normalized spacial score (nSPS) is 47.6. The molecule has 4 aliphatic rings. The molecule has 3 fully saturated rings. The highest BCUT2D eigenvalue weighted by Gasteiger charge is 2.66. The van der Waals surface area contributed by atoms with Gasteiger partial charge in [-0.25, -0.2) is 4.39 Å². The molecule has 0 saturated heterocycles. The van der Waals surface area contributed by atoms with Crippen LogP contribution in [0.2, 0.25) is 0 Å². The van der Waals surface area contributed by atoms with Crippen LogP contribution >= 0.6 is 0 Å². The molecule has 0 spiro atoms. The molecular weight excluding hydrogens is 387 g/mol. The van der Waals surface area contributed by atoms with Crippen LogP contribution in [-0.4, -0.2) is 41.5 Å². The number of rotatable bonds is 3. The lowest BCUT2D eigenvalue weighted by Crippen LogP contribution is -2.59. The van der Waals surface area contributed by atoms with Crippen LogP contribution in [0.4, 0.5) is 4.39 Å². The van der Waals surface area contributed by atoms with Crippen molar-refractivity contribution in [1.82, 2.24) is 0 Å². The summed E-state index contributed by atoms with van der Waals surface area (Å²) in [4.78, 5) is 36.8. The fourth-order valence-electron chi connectivity index (χ4n) is 8.13. The molecule has 5 nitrogen and oxygen atoms in total. The number of allylic oxidation sites excluding steroid dienone is 1. The van der Waals surface area contributed by atoms with Crippen LogP contribution in [-0.2, 0) is 19.1 Å². The zero-order chi connectivity index (χ0) is 22.0. The predicted molar refractivity (Wildman–Crippen MR) is 108 cm³/mol. The fourth-order valence-corrected chi connectivity index (χ4v) is 8.13. The van der Waals surface area contributed by atoms with Gasteiger partial charge in [0.1, 0.15) is 18.9 Å². The molecule has 166 valence electrons. The van der Waals surface area contributed by atoms with E-state index in [0.717, 1.165) is 6.42 Å². The van der Waals surface area contributed by atoms with Crippen molar-refractivity contribution in [2.24, 2.45) is 40.4 Å². The molecule has 0 radical (unpaired) electrons. The van der Waals surface area contributed by atoms with Crippen molar-refractivity contribution in [2.45, 2.75) is 72.1 Å². The molecule has 3 saturated carbocycles. The number of carbonyl (C=O) groups is 3. The third-order valence-corrected chi connectivity index (χ3v) is 9.01. The van der Waals surface area contributed by atoms with E-state index in [2.05, 4.69) is 6.92 Å². The molecule has 0 bridgehead atoms. The Morgan fingerprint density at radius 2 is 2.00 bits per heavy atom. The fraction of sp³-hybridized carbons (Fsp3) is 0.792. The maximum absolute atomic E-state index is 15.5. The molecule has 0 aliphatic heterocycles. The smallest absolute Gasteiger partial charge is 0.302 e. The summed E-state index contributed by atoms with van der Waals surface area (Å²) in [5.41, 5.74) is -0.405. The maximum Gasteiger partial charge on any atom is 0.302 e. The van der Waals surface area contributed by atoms with E-state index in [-0.39, 0.29) is 47.1 Å². The molecule has 9 atom stereocenters. The molecular formula is C24H33FO5. The van der Waals surface area contributed by atoms with Gasteiger partial charge in [0.25, 0.3) is 0 Å². The van der Waals surface area contributed by atoms with Gasteiger partial charge in [0.05, 0.1) is 0 Å². The van der Waals surface area contributed by atoms with Gasteiger partial charge in [-0.2, -0.15) is 0 Å². The largest absolute Gasteiger partial charge is 0.462 e. The van der Waals surface area contributed by atoms with Crippen LogP contribution in [0.15, 0.2) is 11.6 Å². The van der Waals surface area contributed by atoms with Gasteiger partial charge < -0.3 is 9.84 Å². The van der Waals surface area contributed by atoms with Gasteiger partial charge >= 0.3 is 5.97 Å². The second-order valence-corrected chi connectivity index (χ2v) is 10.7. The molecule has 30 heavy (non-hydrogen) atoms. The summed E-state index contributed by atoms with van der Waals surface area (Å²) in [5.74, 6) is -0.779. The standard InChI is InChI=1S/C24H33FO5/c1-12-7-16-15-9-18(25)17-8-14(28)5-6-23(17,3)22(15)20(30-13(2)27)10-24(16,4)21(12)19(29)11-26/h8,12,15-16,18,20-22,26H,5-7,9-11H2,1-4H3/t12-,15+,16+,18+,20+,21-,22-,23+,24+/m1/s1. The quantitative estimate of drug-likeness (QED) is 0.708. The summed E-state index contributed by atoms with van der Waals surface area (Å²) < 4.78 is 21.3. The van der Waals surface area contributed by atoms with Gasteiger partial charge in [0.2, 0.25) is 0 Å². The van der Waals surface area contributed by atoms with Crippen LogP contribution in [0, 0.1) is 40.4 Å². The van der Waals surface area contributed by atoms with Crippen molar-refractivity contribution in [3.63, 3.8) is 0 Å². The molecule has 4 rings (SSSR count). The summed E-state index contributed by atoms with van der Waals surface area (Å²) >= 11 is 0. The minimum Gasteiger partial charge on any atom is -0.462 e. The van der Waals surface area contributed by atoms with Gasteiger partial charge in [-0.3, -0.25) is 14.4 Å². The first-order valence-corrected chi connectivity index (χ1v) is 11.2. The maximum atomic E-state index is 15.5. The number of alkyl halides is 1. The van der Waals surface area contributed by atoms with E-state index in [0.29, 0.717) is 31.3 Å². The van der Waals surface area contributed by atoms with Crippen molar-refractivity contribution in [1.29, 1.82) is 0 Å². The molecule has 0 aromatic carbocycles. The molecule has 4 aliphatic carbocycles. The van der Waals surface area contributed by atoms with E-state index < -0.39 is 29.7 Å². The van der Waals surface area contributed by atoms with Crippen LogP contribution in [0.1, 0.15) is 59.8 Å². The van der Waals surface area contributed by atoms with Crippen molar-refractivity contribution >= 4 is 17.5 Å². The summed E-state index contributed by atoms with van der Waals surface area (Å²) in [7, 11) is 0. The Morgan fingerprint density at radius 1 is 1.30 bits per heavy atom. The number of halogens is 1. The van der Waals surface area contributed by atoms with Gasteiger partial charge in [0, 0.05) is 25.2 Å². The molecule has 1 N–H and O–H groups in total. The van der Waals surface area contributed by atoms with Crippen LogP contribution in [0.5, 0.6) is 0 Å². The Morgan fingerprint density at radius 3 is 2.63 bits per heavy atom. The van der Waals surface area contributed by atoms with E-state index >= 15 is 4.39 Å². The molecule has 0 unspecified atom stereocenters. The minimum absolute atomic E-state index is 0.0302. The molecule has 0 amide bonds. The SMILES string of the molecule is CC(=O)O[C@H]1C[C@@]2(C)[C@@H](C[C@@H](C)[C@@H]2C(=O)CO)[C@@H]2C[C@H](F)C3=CC(=O)CC[C@]3(C)[C@H]21. The Hall–Kier alpha value is -1.56. The predicted octanol–water partition coefficient (Wildman–Crippen LogP) is 3.43. The first-order chi connectivity index (χ1) is 14.0. The number of aliphatic hydroxyl groups excluding tert-OH is 1. The number of esters is 1. The van der Waals surface area contributed by atoms with Gasteiger partial charge in [0.15, 0.2) is 11.6 Å². The Bertz CT molecular complexity index is 805. The van der Waals surface area contributed by atoms with E-state index in [1.165, 1.54) is 13.0 Å². The van der Waals surface area contributed by atoms with Crippen molar-refractivity contribution < 1.29 is 28.6 Å². The van der Waals surface area contributed by atoms with Crippen LogP contribution in [0.3, 0.4) is 0 Å². The van der Waals surface area contributed by atoms with Crippen LogP contribution < -0.4 is 0 Å². The Kier molecular flexibility index (Phi) is 5.23. The summed E-state index contributed by atoms with van der Waals surface area (Å²) in [6.45, 7) is 7.03. The lowest BCUT2D eigenvalue weighted by atomic mass is 9.45. The molecule has 0 heterocycles. The highest BCUT2D eigenvalue weighted by Crippen LogP contribution is 2.68. The number of aliphatic hydroxyl groups is 1. The van der Waals surface area contributed by atoms with E-state index in [4.69, 9.17) is 4.74 Å². The first kappa shape index (κ1) is 21.7. The second-order valence-electron chi connectivity index (χ2n) is 10.7. The Labute approximate surface area is 177 Å². The highest BCUT2D eigenvalue weighted by molar-refractivity contribution is 5.92. The third kappa shape index (κ3) is 3.01. The van der Waals surface area contributed by atoms with Gasteiger partial charge in [-0.1, -0.05) is 20.8 Å². The molecule has 0 aromatic rings. The van der Waals surface area contributed by atoms with Crippen molar-refractivity contribution in [3.05, 3.63) is 11.6 Å². The number of hydrogen-bond donors (Lipinski definition) is 1. The number of fused-ring (bicyclic) bond motifs is 5. The van der Waals surface area contributed by atoms with Gasteiger partial charge in [-0.05, 0) is 65.9 Å². The van der Waals surface area contributed by atoms with Crippen molar-refractivity contribution in [3.8, 4) is 0 Å². The number of carbonyl (C=O) groups excluding carboxylic acids is 3. The van der Waals surface area contributed by atoms with Crippen molar-refractivity contribution in [2.75, 3.05) is 6.61 Å². The number of ketones is 2. The second kappa shape index (κ2) is 7.25. The highest BCUT2D eigenvalue weighted by atomic mass is 19.1. The average Bonchev–Trinajstić information content (AvgIpc) is 2.92. The first-order valence-electron chi connectivity index (χ1n) is 11.2. The zero-order valence-electron chi connectivity index (χ0n) is 18.3. The summed E-state index contributed by atoms with van der Waals surface area (Å²) in [6, 6.07) is 0. The zero-order valence-corrected chi connectivity index (χ0v) is 18.3. The summed E-state index contributed by atoms with van der Waals surface area (Å²) in [5, 5.41) is 9.59. The number of ether oxygens (including phenoxy) is 1. The summed E-state index contributed by atoms with van der Waals surface area (Å²) in [6.07, 6.45) is 2.46. The minimum atomic E-state index is -1.19. The van der Waals surface area contributed by atoms with E-state index in [1.807, 2.05) is 13.8 Å². The lowest BCUT2D eigenvalue weighted by Gasteiger charge is -2.60. The topological polar surface area (TPSA) is 80.7 Å². The van der Waals surface area contributed by atoms with E-state index in [9.17, 15) is 19.5 Å². The number of hydrogen-bond acceptors (Lipinski definition) is 5. The van der Waals surface area contributed by atoms with E-state index in [1.54, 1.807) is 0 Å². The average molecular weight is 421 g/mol. The molecule has 6 heteroatoms.